The molecule has 2 N–H and O–H groups in total. The van der Waals surface area contributed by atoms with Gasteiger partial charge in [-0.25, -0.2) is 9.59 Å². The van der Waals surface area contributed by atoms with Crippen LogP contribution >= 0.6 is 0 Å². The number of amides is 1. The van der Waals surface area contributed by atoms with E-state index in [0.29, 0.717) is 6.41 Å². The summed E-state index contributed by atoms with van der Waals surface area (Å²) in [5.74, 6) is -0.873. The fourth-order valence-electron chi connectivity index (χ4n) is 2.24. The van der Waals surface area contributed by atoms with Crippen LogP contribution in [0.3, 0.4) is 0 Å². The summed E-state index contributed by atoms with van der Waals surface area (Å²) in [4.78, 5) is 37.6. The fourth-order valence-corrected chi connectivity index (χ4v) is 2.24. The molecule has 1 atom stereocenters. The van der Waals surface area contributed by atoms with Gasteiger partial charge in [-0.1, -0.05) is 18.2 Å². The molecule has 1 heterocycles. The van der Waals surface area contributed by atoms with Crippen molar-refractivity contribution >= 4 is 29.4 Å². The second-order valence-electron chi connectivity index (χ2n) is 6.29. The number of H-pyrrole nitrogens is 1. The number of hydrogen-bond acceptors (Lipinski definition) is 5. The largest absolute Gasteiger partial charge is 0.516 e. The van der Waals surface area contributed by atoms with Crippen molar-refractivity contribution in [1.82, 2.24) is 10.3 Å². The van der Waals surface area contributed by atoms with E-state index in [1.165, 1.54) is 0 Å². The number of aromatic amines is 1. The van der Waals surface area contributed by atoms with Crippen molar-refractivity contribution in [3.8, 4) is 0 Å². The number of rotatable bonds is 5. The van der Waals surface area contributed by atoms with E-state index in [-0.39, 0.29) is 6.42 Å². The Bertz CT molecular complexity index is 745. The first-order chi connectivity index (χ1) is 11.3. The van der Waals surface area contributed by atoms with Crippen LogP contribution in [0.1, 0.15) is 26.3 Å². The molecule has 0 saturated carbocycles. The van der Waals surface area contributed by atoms with Crippen LogP contribution in [-0.4, -0.2) is 35.2 Å². The smallest absolute Gasteiger partial charge is 0.428 e. The fraction of sp³-hybridized carbons (Fsp3) is 0.353. The Kier molecular flexibility index (Phi) is 5.23. The third-order valence-electron chi connectivity index (χ3n) is 3.23. The predicted octanol–water partition coefficient (Wildman–Crippen LogP) is 2.30. The molecule has 0 aliphatic carbocycles. The first-order valence-corrected chi connectivity index (χ1v) is 7.49. The van der Waals surface area contributed by atoms with Crippen molar-refractivity contribution in [3.05, 3.63) is 36.0 Å². The van der Waals surface area contributed by atoms with Crippen molar-refractivity contribution in [2.24, 2.45) is 0 Å². The van der Waals surface area contributed by atoms with Gasteiger partial charge in [0.1, 0.15) is 11.6 Å². The minimum absolute atomic E-state index is 0.185. The average molecular weight is 332 g/mol. The quantitative estimate of drug-likeness (QED) is 0.497. The molecule has 7 nitrogen and oxygen atoms in total. The molecule has 1 aromatic heterocycles. The lowest BCUT2D eigenvalue weighted by Crippen LogP contribution is -2.40. The van der Waals surface area contributed by atoms with E-state index in [4.69, 9.17) is 4.74 Å². The Labute approximate surface area is 139 Å². The molecule has 0 saturated heterocycles. The summed E-state index contributed by atoms with van der Waals surface area (Å²) in [6, 6.07) is 6.58. The SMILES string of the molecule is CC(C)(C)OC(=O)OC(=O)[C@H](Cc1c[nH]c2ccccc12)NC=O. The minimum Gasteiger partial charge on any atom is -0.428 e. The number of benzene rings is 1. The Morgan fingerprint density at radius 2 is 2.00 bits per heavy atom. The number of nitrogens with one attached hydrogen (secondary N) is 2. The number of fused-ring (bicyclic) bond motifs is 1. The lowest BCUT2D eigenvalue weighted by molar-refractivity contribution is -0.144. The van der Waals surface area contributed by atoms with E-state index in [1.54, 1.807) is 27.0 Å². The number of hydrogen-bond donors (Lipinski definition) is 2. The lowest BCUT2D eigenvalue weighted by atomic mass is 10.1. The monoisotopic (exact) mass is 332 g/mol. The number of para-hydroxylation sites is 1. The zero-order chi connectivity index (χ0) is 17.7. The van der Waals surface area contributed by atoms with Gasteiger partial charge in [-0.3, -0.25) is 4.79 Å². The predicted molar refractivity (Wildman–Crippen MR) is 87.3 cm³/mol. The summed E-state index contributed by atoms with van der Waals surface area (Å²) in [5, 5.41) is 3.31. The van der Waals surface area contributed by atoms with E-state index >= 15 is 0 Å². The van der Waals surface area contributed by atoms with Crippen LogP contribution < -0.4 is 5.32 Å². The van der Waals surface area contributed by atoms with Crippen LogP contribution in [0, 0.1) is 0 Å². The Morgan fingerprint density at radius 3 is 2.67 bits per heavy atom. The molecule has 0 aliphatic rings. The summed E-state index contributed by atoms with van der Waals surface area (Å²) < 4.78 is 9.61. The third kappa shape index (κ3) is 4.58. The molecule has 0 aliphatic heterocycles. The standard InChI is InChI=1S/C17H20N2O5/c1-17(2,3)24-16(22)23-15(21)14(19-10-20)8-11-9-18-13-7-5-4-6-12(11)13/h4-7,9-10,14,18H,8H2,1-3H3,(H,19,20)/t14-/m0/s1. The molecule has 0 bridgehead atoms. The summed E-state index contributed by atoms with van der Waals surface area (Å²) in [7, 11) is 0. The van der Waals surface area contributed by atoms with Gasteiger partial charge in [0, 0.05) is 23.5 Å². The summed E-state index contributed by atoms with van der Waals surface area (Å²) in [5.41, 5.74) is 0.964. The Hall–Kier alpha value is -2.83. The van der Waals surface area contributed by atoms with Gasteiger partial charge in [-0.2, -0.15) is 0 Å². The van der Waals surface area contributed by atoms with E-state index < -0.39 is 23.8 Å². The maximum absolute atomic E-state index is 12.1. The summed E-state index contributed by atoms with van der Waals surface area (Å²) >= 11 is 0. The Morgan fingerprint density at radius 1 is 1.29 bits per heavy atom. The highest BCUT2D eigenvalue weighted by atomic mass is 16.7. The molecule has 0 radical (unpaired) electrons. The van der Waals surface area contributed by atoms with Gasteiger partial charge in [0.25, 0.3) is 0 Å². The zero-order valence-electron chi connectivity index (χ0n) is 13.8. The van der Waals surface area contributed by atoms with Gasteiger partial charge in [0.2, 0.25) is 6.41 Å². The number of aromatic nitrogens is 1. The molecule has 1 amide bonds. The molecular weight excluding hydrogens is 312 g/mol. The molecule has 2 rings (SSSR count). The molecule has 2 aromatic rings. The van der Waals surface area contributed by atoms with Crippen LogP contribution in [-0.2, 0) is 25.5 Å². The van der Waals surface area contributed by atoms with Crippen molar-refractivity contribution in [2.45, 2.75) is 38.8 Å². The number of esters is 1. The van der Waals surface area contributed by atoms with Crippen molar-refractivity contribution < 1.29 is 23.9 Å². The normalized spacial score (nSPS) is 12.5. The van der Waals surface area contributed by atoms with Crippen molar-refractivity contribution in [1.29, 1.82) is 0 Å². The Balaban J connectivity index is 2.10. The van der Waals surface area contributed by atoms with Gasteiger partial charge < -0.3 is 19.8 Å². The highest BCUT2D eigenvalue weighted by Crippen LogP contribution is 2.19. The molecule has 0 spiro atoms. The third-order valence-corrected chi connectivity index (χ3v) is 3.23. The zero-order valence-corrected chi connectivity index (χ0v) is 13.8. The lowest BCUT2D eigenvalue weighted by Gasteiger charge is -2.19. The van der Waals surface area contributed by atoms with Crippen LogP contribution in [0.2, 0.25) is 0 Å². The maximum atomic E-state index is 12.1. The van der Waals surface area contributed by atoms with Crippen LogP contribution in [0.25, 0.3) is 10.9 Å². The second-order valence-corrected chi connectivity index (χ2v) is 6.29. The van der Waals surface area contributed by atoms with Crippen LogP contribution in [0.15, 0.2) is 30.5 Å². The van der Waals surface area contributed by atoms with E-state index in [1.807, 2.05) is 24.3 Å². The highest BCUT2D eigenvalue weighted by Gasteiger charge is 2.26. The van der Waals surface area contributed by atoms with E-state index in [9.17, 15) is 14.4 Å². The molecule has 24 heavy (non-hydrogen) atoms. The molecule has 7 heteroatoms. The van der Waals surface area contributed by atoms with E-state index in [2.05, 4.69) is 15.0 Å². The van der Waals surface area contributed by atoms with Crippen LogP contribution in [0.4, 0.5) is 4.79 Å². The minimum atomic E-state index is -1.09. The molecule has 128 valence electrons. The summed E-state index contributed by atoms with van der Waals surface area (Å²) in [6.45, 7) is 4.98. The van der Waals surface area contributed by atoms with Gasteiger partial charge >= 0.3 is 12.1 Å². The molecule has 1 aromatic carbocycles. The first kappa shape index (κ1) is 17.5. The first-order valence-electron chi connectivity index (χ1n) is 7.49. The molecular formula is C17H20N2O5. The van der Waals surface area contributed by atoms with Gasteiger partial charge in [-0.15, -0.1) is 0 Å². The van der Waals surface area contributed by atoms with E-state index in [0.717, 1.165) is 16.5 Å². The van der Waals surface area contributed by atoms with Crippen molar-refractivity contribution in [2.75, 3.05) is 0 Å². The van der Waals surface area contributed by atoms with Gasteiger partial charge in [-0.05, 0) is 32.4 Å². The van der Waals surface area contributed by atoms with Gasteiger partial charge in [0.15, 0.2) is 0 Å². The maximum Gasteiger partial charge on any atom is 0.516 e. The molecule has 0 unspecified atom stereocenters. The summed E-state index contributed by atoms with van der Waals surface area (Å²) in [6.07, 6.45) is 1.25. The average Bonchev–Trinajstić information content (AvgIpc) is 2.88. The number of ether oxygens (including phenoxy) is 2. The highest BCUT2D eigenvalue weighted by molar-refractivity contribution is 5.88. The van der Waals surface area contributed by atoms with Crippen molar-refractivity contribution in [3.63, 3.8) is 0 Å². The number of carbonyl (C=O) groups is 3. The second kappa shape index (κ2) is 7.16. The van der Waals surface area contributed by atoms with Gasteiger partial charge in [0.05, 0.1) is 0 Å². The molecule has 0 fully saturated rings. The topological polar surface area (TPSA) is 97.5 Å². The number of carbonyl (C=O) groups excluding carboxylic acids is 3. The van der Waals surface area contributed by atoms with Crippen LogP contribution in [0.5, 0.6) is 0 Å².